The van der Waals surface area contributed by atoms with E-state index in [1.54, 1.807) is 27.8 Å². The molecule has 5 aromatic rings. The van der Waals surface area contributed by atoms with Gasteiger partial charge in [-0.2, -0.15) is 15.5 Å². The highest BCUT2D eigenvalue weighted by Crippen LogP contribution is 2.35. The molecule has 5 heterocycles. The van der Waals surface area contributed by atoms with Crippen LogP contribution < -0.4 is 10.1 Å². The summed E-state index contributed by atoms with van der Waals surface area (Å²) >= 11 is 0. The molecule has 0 saturated heterocycles. The van der Waals surface area contributed by atoms with Gasteiger partial charge in [0.1, 0.15) is 17.7 Å². The maximum Gasteiger partial charge on any atom is 0.168 e. The van der Waals surface area contributed by atoms with Gasteiger partial charge in [0, 0.05) is 79.6 Å². The van der Waals surface area contributed by atoms with Crippen LogP contribution in [0.4, 0.5) is 14.6 Å². The number of nitrogens with one attached hydrogen (secondary N) is 1. The van der Waals surface area contributed by atoms with E-state index in [1.807, 2.05) is 36.5 Å². The lowest BCUT2D eigenvalue weighted by molar-refractivity contribution is 0.226. The van der Waals surface area contributed by atoms with Gasteiger partial charge in [0.15, 0.2) is 11.6 Å². The van der Waals surface area contributed by atoms with Crippen LogP contribution in [0.25, 0.3) is 27.8 Å². The van der Waals surface area contributed by atoms with Crippen LogP contribution in [0.15, 0.2) is 61.3 Å². The van der Waals surface area contributed by atoms with Crippen molar-refractivity contribution in [1.82, 2.24) is 29.3 Å². The Bertz CT molecular complexity index is 1720. The third-order valence-corrected chi connectivity index (χ3v) is 6.97. The Morgan fingerprint density at radius 3 is 2.65 bits per heavy atom. The first-order valence-electron chi connectivity index (χ1n) is 12.9. The van der Waals surface area contributed by atoms with Crippen LogP contribution in [-0.2, 0) is 13.6 Å². The molecule has 40 heavy (non-hydrogen) atoms. The largest absolute Gasteiger partial charge is 0.490 e. The molecular formula is C29H26F2N8O. The number of aryl methyl sites for hydroxylation is 1. The smallest absolute Gasteiger partial charge is 0.168 e. The summed E-state index contributed by atoms with van der Waals surface area (Å²) in [6.07, 6.45) is 9.54. The predicted molar refractivity (Wildman–Crippen MR) is 146 cm³/mol. The third-order valence-electron chi connectivity index (χ3n) is 6.97. The minimum absolute atomic E-state index is 0.0695. The zero-order valence-corrected chi connectivity index (χ0v) is 21.8. The Morgan fingerprint density at radius 2 is 1.88 bits per heavy atom. The van der Waals surface area contributed by atoms with Crippen LogP contribution in [0, 0.1) is 23.0 Å². The summed E-state index contributed by atoms with van der Waals surface area (Å²) < 4.78 is 38.0. The molecule has 1 aliphatic rings. The lowest BCUT2D eigenvalue weighted by Gasteiger charge is -2.25. The van der Waals surface area contributed by atoms with E-state index in [1.165, 1.54) is 18.2 Å². The van der Waals surface area contributed by atoms with Crippen LogP contribution >= 0.6 is 0 Å². The lowest BCUT2D eigenvalue weighted by Crippen LogP contribution is -2.32. The number of pyridine rings is 2. The minimum atomic E-state index is -0.541. The van der Waals surface area contributed by atoms with E-state index < -0.39 is 11.6 Å². The van der Waals surface area contributed by atoms with Gasteiger partial charge in [-0.1, -0.05) is 6.07 Å². The first kappa shape index (κ1) is 25.5. The average Bonchev–Trinajstić information content (AvgIpc) is 3.59. The second kappa shape index (κ2) is 10.7. The van der Waals surface area contributed by atoms with E-state index in [-0.39, 0.29) is 12.1 Å². The van der Waals surface area contributed by atoms with Crippen molar-refractivity contribution in [3.05, 3.63) is 84.1 Å². The van der Waals surface area contributed by atoms with Crippen LogP contribution in [0.5, 0.6) is 5.75 Å². The zero-order valence-electron chi connectivity index (χ0n) is 21.8. The van der Waals surface area contributed by atoms with E-state index >= 15 is 0 Å². The van der Waals surface area contributed by atoms with Crippen molar-refractivity contribution >= 4 is 11.3 Å². The molecule has 1 aliphatic heterocycles. The van der Waals surface area contributed by atoms with Crippen LogP contribution in [-0.4, -0.2) is 55.5 Å². The maximum atomic E-state index is 14.2. The number of anilines is 1. The molecule has 0 atom stereocenters. The summed E-state index contributed by atoms with van der Waals surface area (Å²) in [6.45, 7) is 2.28. The molecule has 0 unspecified atom stereocenters. The molecule has 9 nitrogen and oxygen atoms in total. The van der Waals surface area contributed by atoms with E-state index in [4.69, 9.17) is 4.74 Å². The van der Waals surface area contributed by atoms with Crippen molar-refractivity contribution in [3.8, 4) is 34.1 Å². The standard InChI is InChI=1S/C29H26F2N8O/c1-37-16-22(15-35-37)20-10-23(28-21(12-32)14-36-39(28)17-20)19-11-27-29(34-13-19)33-6-8-38(7-3-9-40-27)18-24-25(30)4-2-5-26(24)31/h2,4-5,10-11,13-17H,3,6-9,18H2,1H3,(H,33,34). The van der Waals surface area contributed by atoms with Gasteiger partial charge >= 0.3 is 0 Å². The summed E-state index contributed by atoms with van der Waals surface area (Å²) in [7, 11) is 1.86. The zero-order chi connectivity index (χ0) is 27.6. The second-order valence-corrected chi connectivity index (χ2v) is 9.68. The summed E-state index contributed by atoms with van der Waals surface area (Å²) in [5.41, 5.74) is 4.60. The van der Waals surface area contributed by atoms with Gasteiger partial charge in [-0.3, -0.25) is 9.58 Å². The van der Waals surface area contributed by atoms with Gasteiger partial charge in [0.05, 0.1) is 30.1 Å². The van der Waals surface area contributed by atoms with Gasteiger partial charge in [-0.15, -0.1) is 0 Å². The third kappa shape index (κ3) is 4.97. The Morgan fingerprint density at radius 1 is 1.02 bits per heavy atom. The number of hydrogen-bond acceptors (Lipinski definition) is 7. The maximum absolute atomic E-state index is 14.2. The van der Waals surface area contributed by atoms with Gasteiger partial charge in [-0.05, 0) is 30.7 Å². The summed E-state index contributed by atoms with van der Waals surface area (Å²) in [5.74, 6) is 0.0887. The van der Waals surface area contributed by atoms with Gasteiger partial charge in [0.25, 0.3) is 0 Å². The molecule has 11 heteroatoms. The Hall–Kier alpha value is -4.82. The Labute approximate surface area is 229 Å². The number of nitriles is 1. The van der Waals surface area contributed by atoms with Crippen molar-refractivity contribution in [2.45, 2.75) is 13.0 Å². The molecule has 202 valence electrons. The summed E-state index contributed by atoms with van der Waals surface area (Å²) in [6, 6.07) is 10.1. The van der Waals surface area contributed by atoms with Crippen LogP contribution in [0.2, 0.25) is 0 Å². The summed E-state index contributed by atoms with van der Waals surface area (Å²) in [4.78, 5) is 6.66. The average molecular weight is 541 g/mol. The molecule has 0 saturated carbocycles. The highest BCUT2D eigenvalue weighted by molar-refractivity contribution is 5.88. The first-order valence-corrected chi connectivity index (χ1v) is 12.9. The second-order valence-electron chi connectivity index (χ2n) is 9.68. The summed E-state index contributed by atoms with van der Waals surface area (Å²) in [5, 5.41) is 21.7. The first-order chi connectivity index (χ1) is 19.5. The molecule has 0 fully saturated rings. The van der Waals surface area contributed by atoms with E-state index in [0.29, 0.717) is 55.3 Å². The molecule has 4 aromatic heterocycles. The van der Waals surface area contributed by atoms with E-state index in [9.17, 15) is 14.0 Å². The molecule has 6 rings (SSSR count). The number of nitrogens with zero attached hydrogens (tertiary/aromatic N) is 7. The van der Waals surface area contributed by atoms with Gasteiger partial charge < -0.3 is 10.1 Å². The monoisotopic (exact) mass is 540 g/mol. The van der Waals surface area contributed by atoms with Crippen molar-refractivity contribution < 1.29 is 13.5 Å². The minimum Gasteiger partial charge on any atom is -0.490 e. The fourth-order valence-electron chi connectivity index (χ4n) is 4.97. The van der Waals surface area contributed by atoms with Crippen LogP contribution in [0.3, 0.4) is 0 Å². The highest BCUT2D eigenvalue weighted by atomic mass is 19.1. The highest BCUT2D eigenvalue weighted by Gasteiger charge is 2.19. The molecule has 0 radical (unpaired) electrons. The SMILES string of the molecule is Cn1cc(-c2cc(-c3cnc4c(c3)OCCCN(Cc3c(F)cccc3F)CCN4)c3c(C#N)cnn3c2)cn1. The number of rotatable bonds is 4. The van der Waals surface area contributed by atoms with E-state index in [2.05, 4.69) is 26.6 Å². The fourth-order valence-corrected chi connectivity index (χ4v) is 4.97. The molecule has 0 aliphatic carbocycles. The topological polar surface area (TPSA) is 96.3 Å². The Balaban J connectivity index is 1.30. The van der Waals surface area contributed by atoms with Gasteiger partial charge in [0.2, 0.25) is 0 Å². The Kier molecular flexibility index (Phi) is 6.84. The molecule has 1 N–H and O–H groups in total. The van der Waals surface area contributed by atoms with Crippen molar-refractivity contribution in [2.75, 3.05) is 31.6 Å². The number of benzene rings is 1. The molecule has 0 bridgehead atoms. The van der Waals surface area contributed by atoms with E-state index in [0.717, 1.165) is 22.3 Å². The number of halogens is 2. The van der Waals surface area contributed by atoms with Gasteiger partial charge in [-0.25, -0.2) is 18.3 Å². The molecular weight excluding hydrogens is 514 g/mol. The normalized spacial score (nSPS) is 14.2. The number of fused-ring (bicyclic) bond motifs is 2. The van der Waals surface area contributed by atoms with Crippen molar-refractivity contribution in [2.24, 2.45) is 7.05 Å². The molecule has 0 amide bonds. The van der Waals surface area contributed by atoms with Crippen molar-refractivity contribution in [1.29, 1.82) is 5.26 Å². The number of hydrogen-bond donors (Lipinski definition) is 1. The number of aromatic nitrogens is 5. The number of ether oxygens (including phenoxy) is 1. The van der Waals surface area contributed by atoms with Crippen molar-refractivity contribution in [3.63, 3.8) is 0 Å². The molecule has 1 aromatic carbocycles. The fraction of sp³-hybridized carbons (Fsp3) is 0.241. The quantitative estimate of drug-likeness (QED) is 0.355. The lowest BCUT2D eigenvalue weighted by atomic mass is 10.0. The predicted octanol–water partition coefficient (Wildman–Crippen LogP) is 4.64. The molecule has 0 spiro atoms. The van der Waals surface area contributed by atoms with Crippen LogP contribution in [0.1, 0.15) is 17.5 Å².